The Morgan fingerprint density at radius 1 is 2.00 bits per heavy atom. The number of hydrogen-bond donors (Lipinski definition) is 0. The van der Waals surface area contributed by atoms with Gasteiger partial charge in [-0.1, -0.05) is 0 Å². The third-order valence-electron chi connectivity index (χ3n) is 0.401. The van der Waals surface area contributed by atoms with Crippen molar-refractivity contribution in [1.29, 1.82) is 0 Å². The van der Waals surface area contributed by atoms with Gasteiger partial charge in [0, 0.05) is 0 Å². The normalized spacial score (nSPS) is 7.00. The van der Waals surface area contributed by atoms with E-state index in [0.29, 0.717) is 0 Å². The molecule has 0 aliphatic heterocycles. The van der Waals surface area contributed by atoms with Gasteiger partial charge in [-0.3, -0.25) is 0 Å². The van der Waals surface area contributed by atoms with Crippen molar-refractivity contribution in [1.82, 2.24) is 0 Å². The van der Waals surface area contributed by atoms with Crippen LogP contribution in [0.25, 0.3) is 0 Å². The Labute approximate surface area is 54.0 Å². The molecule has 0 aliphatic carbocycles. The molecule has 0 fully saturated rings. The summed E-state index contributed by atoms with van der Waals surface area (Å²) in [6.45, 7) is 1.91. The Kier molecular flexibility index (Phi) is 4.38. The van der Waals surface area contributed by atoms with Gasteiger partial charge in [0.05, 0.1) is 0 Å². The number of nitrogens with zero attached hydrogens (tertiary/aromatic N) is 1. The van der Waals surface area contributed by atoms with E-state index < -0.39 is 30.1 Å². The van der Waals surface area contributed by atoms with Crippen molar-refractivity contribution in [3.8, 4) is 0 Å². The van der Waals surface area contributed by atoms with Crippen LogP contribution in [0.3, 0.4) is 0 Å². The predicted molar refractivity (Wildman–Crippen MR) is 18.6 cm³/mol. The molecule has 0 heterocycles. The van der Waals surface area contributed by atoms with Gasteiger partial charge in [0.1, 0.15) is 0 Å². The summed E-state index contributed by atoms with van der Waals surface area (Å²) >= 11 is -1.44. The molecule has 38 valence electrons. The standard InChI is InChI=1S/C2H5.Hg.NO3/c1-2;;2-1(3)4/h1H2,2H3;;/q;+1;-1. The van der Waals surface area contributed by atoms with Gasteiger partial charge in [0.25, 0.3) is 0 Å². The van der Waals surface area contributed by atoms with E-state index >= 15 is 0 Å². The van der Waals surface area contributed by atoms with Gasteiger partial charge >= 0.3 is 53.8 Å². The van der Waals surface area contributed by atoms with E-state index in [2.05, 4.69) is 2.75 Å². The molecule has 0 spiro atoms. The summed E-state index contributed by atoms with van der Waals surface area (Å²) < 4.78 is 5.04. The fourth-order valence-corrected chi connectivity index (χ4v) is 1.46. The Morgan fingerprint density at radius 3 is 2.71 bits per heavy atom. The molecule has 0 N–H and O–H groups in total. The summed E-state index contributed by atoms with van der Waals surface area (Å²) in [6, 6.07) is 0. The zero-order valence-corrected chi connectivity index (χ0v) is 9.58. The Balaban J connectivity index is 2.82. The summed E-state index contributed by atoms with van der Waals surface area (Å²) in [5.74, 6) is 0. The Bertz CT molecular complexity index is 66.0. The summed E-state index contributed by atoms with van der Waals surface area (Å²) in [6.07, 6.45) is 0. The minimum absolute atomic E-state index is 0.689. The third kappa shape index (κ3) is 6.14. The summed E-state index contributed by atoms with van der Waals surface area (Å²) in [5.41, 5.74) is 0. The first-order valence-electron chi connectivity index (χ1n) is 2.04. The average Bonchev–Trinajstić information content (AvgIpc) is 1.61. The molecular formula is C2H5HgNO3. The van der Waals surface area contributed by atoms with Crippen molar-refractivity contribution < 1.29 is 32.9 Å². The fraction of sp³-hybridized carbons (Fsp3) is 1.00. The first-order valence-corrected chi connectivity index (χ1v) is 8.18. The topological polar surface area (TPSA) is 52.4 Å². The van der Waals surface area contributed by atoms with Gasteiger partial charge in [-0.2, -0.15) is 0 Å². The predicted octanol–water partition coefficient (Wildman–Crippen LogP) is 0.630. The minimum atomic E-state index is -1.44. The molecule has 0 saturated heterocycles. The number of hydrogen-bond acceptors (Lipinski definition) is 3. The number of rotatable bonds is 3. The maximum absolute atomic E-state index is 9.40. The van der Waals surface area contributed by atoms with Crippen molar-refractivity contribution in [3.63, 3.8) is 0 Å². The van der Waals surface area contributed by atoms with Gasteiger partial charge in [0.15, 0.2) is 0 Å². The van der Waals surface area contributed by atoms with Gasteiger partial charge < -0.3 is 0 Å². The molecule has 0 unspecified atom stereocenters. The van der Waals surface area contributed by atoms with Crippen LogP contribution in [0.2, 0.25) is 3.93 Å². The van der Waals surface area contributed by atoms with Crippen molar-refractivity contribution in [3.05, 3.63) is 10.1 Å². The summed E-state index contributed by atoms with van der Waals surface area (Å²) in [7, 11) is 0. The first-order chi connectivity index (χ1) is 3.27. The SMILES string of the molecule is C[CH2][Hg][O][N+](=O)[O-]. The van der Waals surface area contributed by atoms with E-state index in [1.54, 1.807) is 0 Å². The summed E-state index contributed by atoms with van der Waals surface area (Å²) in [5, 5.41) is 8.71. The average molecular weight is 292 g/mol. The molecule has 0 aliphatic rings. The van der Waals surface area contributed by atoms with Gasteiger partial charge in [-0.15, -0.1) is 0 Å². The van der Waals surface area contributed by atoms with E-state index in [0.717, 1.165) is 3.93 Å². The fourth-order valence-electron chi connectivity index (χ4n) is 0.166. The molecule has 4 nitrogen and oxygen atoms in total. The first kappa shape index (κ1) is 7.14. The van der Waals surface area contributed by atoms with Crippen LogP contribution in [0.4, 0.5) is 0 Å². The van der Waals surface area contributed by atoms with E-state index in [1.807, 2.05) is 6.92 Å². The van der Waals surface area contributed by atoms with Gasteiger partial charge in [-0.25, -0.2) is 0 Å². The van der Waals surface area contributed by atoms with Gasteiger partial charge in [-0.05, 0) is 0 Å². The van der Waals surface area contributed by atoms with Crippen molar-refractivity contribution in [2.75, 3.05) is 0 Å². The zero-order chi connectivity index (χ0) is 5.70. The monoisotopic (exact) mass is 293 g/mol. The zero-order valence-electron chi connectivity index (χ0n) is 4.09. The van der Waals surface area contributed by atoms with Crippen LogP contribution < -0.4 is 0 Å². The van der Waals surface area contributed by atoms with Crippen LogP contribution in [0.5, 0.6) is 0 Å². The van der Waals surface area contributed by atoms with Crippen LogP contribution in [0.15, 0.2) is 0 Å². The second-order valence-corrected chi connectivity index (χ2v) is 7.54. The van der Waals surface area contributed by atoms with E-state index in [-0.39, 0.29) is 0 Å². The molecule has 0 radical (unpaired) electrons. The maximum atomic E-state index is 9.40. The third-order valence-corrected chi connectivity index (χ3v) is 3.52. The Hall–Kier alpha value is 0.135. The molecule has 0 atom stereocenters. The molecule has 0 aromatic rings. The molecule has 0 saturated carbocycles. The van der Waals surface area contributed by atoms with Gasteiger partial charge in [0.2, 0.25) is 0 Å². The molecule has 7 heavy (non-hydrogen) atoms. The summed E-state index contributed by atoms with van der Waals surface area (Å²) in [4.78, 5) is 9.40. The van der Waals surface area contributed by atoms with Crippen molar-refractivity contribution in [2.45, 2.75) is 10.9 Å². The molecule has 0 rings (SSSR count). The molecule has 5 heteroatoms. The van der Waals surface area contributed by atoms with Crippen molar-refractivity contribution >= 4 is 0 Å². The molecule has 0 bridgehead atoms. The second-order valence-electron chi connectivity index (χ2n) is 1.06. The second kappa shape index (κ2) is 4.30. The van der Waals surface area contributed by atoms with E-state index in [4.69, 9.17) is 0 Å². The van der Waals surface area contributed by atoms with Crippen LogP contribution in [-0.4, -0.2) is 5.09 Å². The molecule has 0 aromatic heterocycles. The Morgan fingerprint density at radius 2 is 2.57 bits per heavy atom. The van der Waals surface area contributed by atoms with Crippen LogP contribution >= 0.6 is 0 Å². The quantitative estimate of drug-likeness (QED) is 0.435. The molecule has 0 amide bonds. The van der Waals surface area contributed by atoms with Crippen molar-refractivity contribution in [2.24, 2.45) is 0 Å². The molecular weight excluding hydrogens is 287 g/mol. The van der Waals surface area contributed by atoms with E-state index in [1.165, 1.54) is 0 Å². The molecule has 0 aromatic carbocycles. The van der Waals surface area contributed by atoms with Crippen LogP contribution in [0.1, 0.15) is 6.92 Å². The van der Waals surface area contributed by atoms with E-state index in [9.17, 15) is 10.1 Å². The van der Waals surface area contributed by atoms with Crippen LogP contribution in [0, 0.1) is 10.1 Å². The van der Waals surface area contributed by atoms with Crippen LogP contribution in [-0.2, 0) is 27.8 Å².